The normalized spacial score (nSPS) is 21.1. The number of hydrogen-bond acceptors (Lipinski definition) is 12. The Morgan fingerprint density at radius 1 is 0.902 bits per heavy atom. The number of anilines is 1. The van der Waals surface area contributed by atoms with E-state index in [4.69, 9.17) is 14.8 Å². The van der Waals surface area contributed by atoms with Crippen molar-refractivity contribution in [2.45, 2.75) is 63.1 Å². The van der Waals surface area contributed by atoms with Crippen molar-refractivity contribution >= 4 is 52.5 Å². The quantitative estimate of drug-likeness (QED) is 0.165. The number of nitrogens with one attached hydrogen (secondary N) is 2. The lowest BCUT2D eigenvalue weighted by molar-refractivity contribution is -0.136. The molecule has 17 heteroatoms. The minimum absolute atomic E-state index is 0.0420. The van der Waals surface area contributed by atoms with E-state index in [0.29, 0.717) is 98.9 Å². The summed E-state index contributed by atoms with van der Waals surface area (Å²) in [5, 5.41) is 12.2. The van der Waals surface area contributed by atoms with E-state index in [0.717, 1.165) is 17.7 Å². The lowest BCUT2D eigenvalue weighted by Crippen LogP contribution is -2.54. The van der Waals surface area contributed by atoms with E-state index in [1.807, 2.05) is 28.1 Å². The van der Waals surface area contributed by atoms with Crippen molar-refractivity contribution in [1.29, 1.82) is 0 Å². The first-order valence-electron chi connectivity index (χ1n) is 20.8. The van der Waals surface area contributed by atoms with Crippen LogP contribution in [0.2, 0.25) is 0 Å². The molecule has 1 aromatic heterocycles. The number of benzene rings is 3. The number of likely N-dealkylation sites (tertiary alicyclic amines) is 1. The minimum Gasteiger partial charge on any atom is -0.385 e. The molecule has 2 unspecified atom stereocenters. The zero-order valence-corrected chi connectivity index (χ0v) is 33.4. The van der Waals surface area contributed by atoms with Gasteiger partial charge in [0.25, 0.3) is 11.8 Å². The fourth-order valence-corrected chi connectivity index (χ4v) is 8.85. The number of ether oxygens (including phenoxy) is 1. The first-order valence-corrected chi connectivity index (χ1v) is 20.8. The third kappa shape index (κ3) is 8.19. The van der Waals surface area contributed by atoms with Crippen LogP contribution >= 0.6 is 0 Å². The highest BCUT2D eigenvalue weighted by Crippen LogP contribution is 2.33. The second kappa shape index (κ2) is 17.0. The molecular weight excluding hydrogens is 789 g/mol. The molecule has 4 aromatic rings. The maximum absolute atomic E-state index is 15.4. The van der Waals surface area contributed by atoms with Gasteiger partial charge >= 0.3 is 0 Å². The number of imide groups is 2. The molecule has 3 saturated heterocycles. The topological polar surface area (TPSA) is 170 Å². The molecule has 0 spiro atoms. The number of piperidine rings is 2. The molecule has 3 fully saturated rings. The van der Waals surface area contributed by atoms with Crippen molar-refractivity contribution < 1.29 is 37.5 Å². The van der Waals surface area contributed by atoms with Gasteiger partial charge in [-0.05, 0) is 67.6 Å². The number of carbonyl (C=O) groups excluding carboxylic acids is 5. The molecule has 2 atom stereocenters. The predicted molar refractivity (Wildman–Crippen MR) is 219 cm³/mol. The van der Waals surface area contributed by atoms with Gasteiger partial charge in [-0.2, -0.15) is 5.10 Å². The maximum atomic E-state index is 15.4. The van der Waals surface area contributed by atoms with Crippen LogP contribution in [0.25, 0.3) is 22.2 Å². The summed E-state index contributed by atoms with van der Waals surface area (Å²) in [6, 6.07) is 12.2. The number of fused-ring (bicyclic) bond motifs is 2. The van der Waals surface area contributed by atoms with Gasteiger partial charge in [0, 0.05) is 87.9 Å². The molecule has 9 rings (SSSR count). The molecule has 0 saturated carbocycles. The SMILES string of the molecule is O=C1CCC(N2C(=O)c3ccc(NCCCC(=O)N4CCC(N5CC(c6cnc7cccc(-c8cc(F)c(CN9CCOCC9)c(F)c8)c7n6)C=N5)CC4)cc3C2=O)C(=O)N1. The summed E-state index contributed by atoms with van der Waals surface area (Å²) >= 11 is 0. The standard InChI is InChI=1S/C44H45F2N9O6/c45-34-19-26(20-35(46)33(34)25-52-15-17-61-18-16-52)30-3-1-4-36-41(30)50-37(23-48-36)27-22-49-54(24-27)29-10-13-53(14-11-29)40(57)5-2-12-47-28-6-7-31-32(21-28)44(60)55(43(31)59)38-8-9-39(56)51-42(38)58/h1,3-4,6-7,19-23,27,29,38,47H,2,5,8-18,24-25H2,(H,51,56,58). The van der Waals surface area contributed by atoms with Crippen molar-refractivity contribution in [2.75, 3.05) is 57.8 Å². The van der Waals surface area contributed by atoms with E-state index >= 15 is 8.78 Å². The summed E-state index contributed by atoms with van der Waals surface area (Å²) in [7, 11) is 0. The average molecular weight is 834 g/mol. The molecular formula is C44H45F2N9O6. The summed E-state index contributed by atoms with van der Waals surface area (Å²) in [5.74, 6) is -3.47. The first-order chi connectivity index (χ1) is 29.6. The molecule has 15 nitrogen and oxygen atoms in total. The highest BCUT2D eigenvalue weighted by Gasteiger charge is 2.44. The monoisotopic (exact) mass is 833 g/mol. The molecule has 0 aliphatic carbocycles. The van der Waals surface area contributed by atoms with Gasteiger partial charge in [-0.1, -0.05) is 12.1 Å². The van der Waals surface area contributed by atoms with Crippen LogP contribution in [-0.2, 0) is 25.7 Å². The predicted octanol–water partition coefficient (Wildman–Crippen LogP) is 4.08. The van der Waals surface area contributed by atoms with E-state index in [-0.39, 0.29) is 53.9 Å². The molecule has 3 aromatic carbocycles. The summed E-state index contributed by atoms with van der Waals surface area (Å²) in [6.45, 7) is 4.80. The molecule has 5 aliphatic rings. The van der Waals surface area contributed by atoms with E-state index < -0.39 is 41.3 Å². The molecule has 5 aliphatic heterocycles. The Labute approximate surface area is 350 Å². The number of rotatable bonds is 11. The molecule has 61 heavy (non-hydrogen) atoms. The smallest absolute Gasteiger partial charge is 0.262 e. The van der Waals surface area contributed by atoms with Gasteiger partial charge in [0.1, 0.15) is 17.7 Å². The molecule has 6 heterocycles. The fraction of sp³-hybridized carbons (Fsp3) is 0.409. The van der Waals surface area contributed by atoms with Crippen molar-refractivity contribution in [3.63, 3.8) is 0 Å². The van der Waals surface area contributed by atoms with E-state index in [2.05, 4.69) is 20.6 Å². The van der Waals surface area contributed by atoms with Crippen LogP contribution in [0, 0.1) is 11.6 Å². The summed E-state index contributed by atoms with van der Waals surface area (Å²) < 4.78 is 36.2. The minimum atomic E-state index is -1.03. The second-order valence-corrected chi connectivity index (χ2v) is 16.1. The maximum Gasteiger partial charge on any atom is 0.262 e. The molecule has 0 radical (unpaired) electrons. The number of para-hydroxylation sites is 1. The van der Waals surface area contributed by atoms with Gasteiger partial charge in [-0.15, -0.1) is 0 Å². The lowest BCUT2D eigenvalue weighted by atomic mass is 10.00. The van der Waals surface area contributed by atoms with Crippen molar-refractivity contribution in [2.24, 2.45) is 5.10 Å². The van der Waals surface area contributed by atoms with Crippen molar-refractivity contribution in [1.82, 2.24) is 35.0 Å². The number of carbonyl (C=O) groups is 5. The summed E-state index contributed by atoms with van der Waals surface area (Å²) in [6.07, 6.45) is 6.16. The van der Waals surface area contributed by atoms with Crippen LogP contribution in [0.4, 0.5) is 14.5 Å². The Bertz CT molecular complexity index is 2430. The summed E-state index contributed by atoms with van der Waals surface area (Å²) in [4.78, 5) is 77.7. The highest BCUT2D eigenvalue weighted by atomic mass is 19.1. The molecule has 316 valence electrons. The Morgan fingerprint density at radius 3 is 2.44 bits per heavy atom. The van der Waals surface area contributed by atoms with Crippen LogP contribution in [0.3, 0.4) is 0 Å². The number of hydrogen-bond donors (Lipinski definition) is 2. The highest BCUT2D eigenvalue weighted by molar-refractivity contribution is 6.23. The molecule has 0 bridgehead atoms. The van der Waals surface area contributed by atoms with Gasteiger partial charge in [-0.25, -0.2) is 13.8 Å². The van der Waals surface area contributed by atoms with Gasteiger partial charge < -0.3 is 15.0 Å². The largest absolute Gasteiger partial charge is 0.385 e. The van der Waals surface area contributed by atoms with Crippen LogP contribution < -0.4 is 10.6 Å². The van der Waals surface area contributed by atoms with Crippen LogP contribution in [-0.4, -0.2) is 130 Å². The number of nitrogens with zero attached hydrogens (tertiary/aromatic N) is 7. The Kier molecular flexibility index (Phi) is 11.2. The van der Waals surface area contributed by atoms with Gasteiger partial charge in [0.05, 0.1) is 53.0 Å². The van der Waals surface area contributed by atoms with E-state index in [1.54, 1.807) is 30.5 Å². The molecule has 2 N–H and O–H groups in total. The summed E-state index contributed by atoms with van der Waals surface area (Å²) in [5.41, 5.74) is 3.95. The zero-order valence-electron chi connectivity index (χ0n) is 33.4. The van der Waals surface area contributed by atoms with E-state index in [1.165, 1.54) is 12.1 Å². The number of hydrazone groups is 1. The van der Waals surface area contributed by atoms with Crippen LogP contribution in [0.1, 0.15) is 76.4 Å². The number of morpholine rings is 1. The number of amides is 5. The fourth-order valence-electron chi connectivity index (χ4n) is 8.85. The van der Waals surface area contributed by atoms with Gasteiger partial charge in [-0.3, -0.25) is 49.1 Å². The Hall–Kier alpha value is -6.20. The second-order valence-electron chi connectivity index (χ2n) is 16.1. The average Bonchev–Trinajstić information content (AvgIpc) is 3.86. The van der Waals surface area contributed by atoms with E-state index in [9.17, 15) is 24.0 Å². The third-order valence-corrected chi connectivity index (χ3v) is 12.3. The van der Waals surface area contributed by atoms with Crippen molar-refractivity contribution in [3.8, 4) is 11.1 Å². The number of halogens is 2. The van der Waals surface area contributed by atoms with Crippen LogP contribution in [0.5, 0.6) is 0 Å². The molecule has 5 amide bonds. The zero-order chi connectivity index (χ0) is 42.2. The Balaban J connectivity index is 0.753. The lowest BCUT2D eigenvalue weighted by Gasteiger charge is -2.36. The van der Waals surface area contributed by atoms with Gasteiger partial charge in [0.15, 0.2) is 0 Å². The van der Waals surface area contributed by atoms with Gasteiger partial charge in [0.2, 0.25) is 17.7 Å². The van der Waals surface area contributed by atoms with Crippen molar-refractivity contribution in [3.05, 3.63) is 88.7 Å². The van der Waals surface area contributed by atoms with Crippen LogP contribution in [0.15, 0.2) is 59.8 Å². The number of aromatic nitrogens is 2. The first kappa shape index (κ1) is 40.2. The third-order valence-electron chi connectivity index (χ3n) is 12.3. The Morgan fingerprint density at radius 2 is 1.67 bits per heavy atom.